The molecule has 5 rings (SSSR count). The molecule has 3 aromatic rings. The van der Waals surface area contributed by atoms with Crippen LogP contribution in [0.25, 0.3) is 11.0 Å². The van der Waals surface area contributed by atoms with E-state index in [4.69, 9.17) is 10.5 Å². The third-order valence-electron chi connectivity index (χ3n) is 6.63. The third-order valence-corrected chi connectivity index (χ3v) is 9.38. The van der Waals surface area contributed by atoms with Crippen LogP contribution in [0.5, 0.6) is 5.88 Å². The number of nitrogens with two attached hydrogens (primary N) is 1. The summed E-state index contributed by atoms with van der Waals surface area (Å²) in [6, 6.07) is 5.69. The lowest BCUT2D eigenvalue weighted by Gasteiger charge is -2.60. The highest BCUT2D eigenvalue weighted by atomic mass is 32.3. The van der Waals surface area contributed by atoms with E-state index < -0.39 is 39.1 Å². The van der Waals surface area contributed by atoms with Crippen LogP contribution < -0.4 is 15.8 Å². The maximum Gasteiger partial charge on any atom is 0.232 e. The Morgan fingerprint density at radius 1 is 1.24 bits per heavy atom. The lowest BCUT2D eigenvalue weighted by Crippen LogP contribution is -2.60. The van der Waals surface area contributed by atoms with Gasteiger partial charge in [0.1, 0.15) is 34.1 Å². The average molecular weight is 491 g/mol. The van der Waals surface area contributed by atoms with Gasteiger partial charge in [-0.1, -0.05) is 0 Å². The Morgan fingerprint density at radius 2 is 2.03 bits per heavy atom. The van der Waals surface area contributed by atoms with E-state index in [2.05, 4.69) is 25.3 Å². The minimum atomic E-state index is -3.35. The summed E-state index contributed by atoms with van der Waals surface area (Å²) in [5, 5.41) is 3.06. The summed E-state index contributed by atoms with van der Waals surface area (Å²) in [6.45, 7) is -1.14. The zero-order chi connectivity index (χ0) is 24.1. The number of fused-ring (bicyclic) bond motifs is 1. The van der Waals surface area contributed by atoms with Gasteiger partial charge in [-0.05, 0) is 43.5 Å². The van der Waals surface area contributed by atoms with Crippen molar-refractivity contribution in [2.45, 2.75) is 29.5 Å². The molecule has 1 atom stereocenters. The minimum Gasteiger partial charge on any atom is -0.480 e. The largest absolute Gasteiger partial charge is 0.480 e. The quantitative estimate of drug-likeness (QED) is 0.419. The van der Waals surface area contributed by atoms with E-state index in [1.54, 1.807) is 6.07 Å². The molecule has 0 radical (unpaired) electrons. The molecule has 9 nitrogen and oxygen atoms in total. The highest BCUT2D eigenvalue weighted by Gasteiger charge is 2.59. The highest BCUT2D eigenvalue weighted by Crippen LogP contribution is 2.66. The summed E-state index contributed by atoms with van der Waals surface area (Å²) in [5.41, 5.74) is 5.56. The predicted molar refractivity (Wildman–Crippen MR) is 127 cm³/mol. The van der Waals surface area contributed by atoms with Crippen molar-refractivity contribution in [3.63, 3.8) is 0 Å². The van der Waals surface area contributed by atoms with Crippen LogP contribution in [0.3, 0.4) is 0 Å². The van der Waals surface area contributed by atoms with Gasteiger partial charge in [-0.3, -0.25) is 14.1 Å². The van der Waals surface area contributed by atoms with E-state index in [-0.39, 0.29) is 11.4 Å². The van der Waals surface area contributed by atoms with Crippen LogP contribution in [0.2, 0.25) is 0 Å². The summed E-state index contributed by atoms with van der Waals surface area (Å²) in [7, 11) is -1.87. The molecular weight excluding hydrogens is 466 g/mol. The van der Waals surface area contributed by atoms with E-state index in [1.807, 2.05) is 0 Å². The van der Waals surface area contributed by atoms with Gasteiger partial charge < -0.3 is 15.8 Å². The van der Waals surface area contributed by atoms with Crippen LogP contribution in [0.1, 0.15) is 24.8 Å². The molecule has 1 saturated carbocycles. The molecule has 34 heavy (non-hydrogen) atoms. The van der Waals surface area contributed by atoms with Gasteiger partial charge in [-0.2, -0.15) is 10.6 Å². The standard InChI is InChI=1S/C22H24F2N6O3S/c1-33-17-10-27-18-16(29-17)5-8-26-19(18)28-13-3-4-15(24)14(9-13)21(11-23)12-34(31,32)22(6-2-7-22)20(25)30-21/h3-5,8-10,31-32H,2,6-7,11-12H2,1H3,(H2,25,30)(H,26,28)/t21-/m0/s1. The molecule has 5 N–H and O–H groups in total. The maximum absolute atomic E-state index is 15.0. The van der Waals surface area contributed by atoms with Gasteiger partial charge in [0, 0.05) is 17.4 Å². The Balaban J connectivity index is 1.56. The van der Waals surface area contributed by atoms with Gasteiger partial charge in [0.15, 0.2) is 5.82 Å². The lowest BCUT2D eigenvalue weighted by atomic mass is 9.82. The zero-order valence-electron chi connectivity index (χ0n) is 18.3. The summed E-state index contributed by atoms with van der Waals surface area (Å²) in [6.07, 6.45) is 4.69. The van der Waals surface area contributed by atoms with Crippen LogP contribution in [-0.4, -0.2) is 54.2 Å². The zero-order valence-corrected chi connectivity index (χ0v) is 19.1. The van der Waals surface area contributed by atoms with Gasteiger partial charge in [0.2, 0.25) is 5.88 Å². The van der Waals surface area contributed by atoms with Gasteiger partial charge >= 0.3 is 0 Å². The van der Waals surface area contributed by atoms with Crippen LogP contribution in [0.4, 0.5) is 20.3 Å². The van der Waals surface area contributed by atoms with E-state index in [1.165, 1.54) is 37.7 Å². The number of rotatable bonds is 5. The second-order valence-corrected chi connectivity index (χ2v) is 11.0. The van der Waals surface area contributed by atoms with Gasteiger partial charge in [-0.15, -0.1) is 0 Å². The number of benzene rings is 1. The monoisotopic (exact) mass is 490 g/mol. The second kappa shape index (κ2) is 8.00. The Hall–Kier alpha value is -3.09. The van der Waals surface area contributed by atoms with Gasteiger partial charge in [-0.25, -0.2) is 23.7 Å². The van der Waals surface area contributed by atoms with Crippen molar-refractivity contribution in [2.75, 3.05) is 24.9 Å². The number of aliphatic imine (C=N–C) groups is 1. The Labute approximate surface area is 195 Å². The number of anilines is 2. The predicted octanol–water partition coefficient (Wildman–Crippen LogP) is 4.13. The number of pyridine rings is 1. The van der Waals surface area contributed by atoms with Crippen LogP contribution in [0.15, 0.2) is 41.7 Å². The van der Waals surface area contributed by atoms with Crippen molar-refractivity contribution in [3.8, 4) is 5.88 Å². The Bertz CT molecular complexity index is 1300. The topological polar surface area (TPSA) is 139 Å². The molecule has 0 unspecified atom stereocenters. The smallest absolute Gasteiger partial charge is 0.232 e. The number of hydrogen-bond donors (Lipinski definition) is 4. The van der Waals surface area contributed by atoms with Crippen molar-refractivity contribution >= 4 is 39.0 Å². The molecule has 2 aliphatic rings. The Kier molecular flexibility index (Phi) is 5.34. The van der Waals surface area contributed by atoms with Crippen LogP contribution >= 0.6 is 10.6 Å². The molecule has 0 bridgehead atoms. The number of aromatic nitrogens is 3. The van der Waals surface area contributed by atoms with E-state index in [0.29, 0.717) is 41.3 Å². The number of ether oxygens (including phenoxy) is 1. The molecule has 0 saturated heterocycles. The fourth-order valence-electron chi connectivity index (χ4n) is 4.58. The minimum absolute atomic E-state index is 0.0275. The van der Waals surface area contributed by atoms with Crippen molar-refractivity contribution in [2.24, 2.45) is 10.7 Å². The third kappa shape index (κ3) is 3.36. The van der Waals surface area contributed by atoms with E-state index >= 15 is 4.39 Å². The number of methoxy groups -OCH3 is 1. The summed E-state index contributed by atoms with van der Waals surface area (Å²) in [4.78, 5) is 17.3. The first kappa shape index (κ1) is 22.7. The molecule has 1 aliphatic carbocycles. The first-order valence-corrected chi connectivity index (χ1v) is 12.4. The molecule has 1 aliphatic heterocycles. The molecule has 1 aromatic carbocycles. The SMILES string of the molecule is COc1cnc2c(Nc3ccc(F)c([C@]4(CF)CS(O)(O)C5(CCC5)C(N)=N4)c3)nccc2n1. The van der Waals surface area contributed by atoms with Crippen LogP contribution in [-0.2, 0) is 5.54 Å². The summed E-state index contributed by atoms with van der Waals surface area (Å²) >= 11 is 0. The fraction of sp³-hybridized carbons (Fsp3) is 0.364. The maximum atomic E-state index is 15.0. The van der Waals surface area contributed by atoms with Crippen molar-refractivity contribution in [1.82, 2.24) is 15.0 Å². The number of hydrogen-bond acceptors (Lipinski definition) is 9. The molecule has 3 heterocycles. The van der Waals surface area contributed by atoms with E-state index in [9.17, 15) is 13.5 Å². The molecule has 180 valence electrons. The normalized spacial score (nSPS) is 23.7. The number of alkyl halides is 1. The van der Waals surface area contributed by atoms with Crippen molar-refractivity contribution in [3.05, 3.63) is 48.0 Å². The van der Waals surface area contributed by atoms with E-state index in [0.717, 1.165) is 6.42 Å². The van der Waals surface area contributed by atoms with Crippen molar-refractivity contribution < 1.29 is 22.6 Å². The fourth-order valence-corrected chi connectivity index (χ4v) is 7.14. The second-order valence-electron chi connectivity index (χ2n) is 8.58. The Morgan fingerprint density at radius 3 is 2.68 bits per heavy atom. The van der Waals surface area contributed by atoms with Crippen molar-refractivity contribution in [1.29, 1.82) is 0 Å². The first-order valence-electron chi connectivity index (χ1n) is 10.6. The number of nitrogens with zero attached hydrogens (tertiary/aromatic N) is 4. The highest BCUT2D eigenvalue weighted by molar-refractivity contribution is 8.26. The molecule has 1 spiro atoms. The number of amidine groups is 1. The van der Waals surface area contributed by atoms with Crippen LogP contribution in [0, 0.1) is 5.82 Å². The first-order chi connectivity index (χ1) is 16.2. The number of nitrogens with one attached hydrogen (secondary N) is 1. The summed E-state index contributed by atoms with van der Waals surface area (Å²) < 4.78 is 55.5. The molecule has 1 fully saturated rings. The van der Waals surface area contributed by atoms with Gasteiger partial charge in [0.25, 0.3) is 0 Å². The van der Waals surface area contributed by atoms with Gasteiger partial charge in [0.05, 0.1) is 24.6 Å². The molecule has 12 heteroatoms. The molecule has 2 aromatic heterocycles. The number of halogens is 2. The average Bonchev–Trinajstić information content (AvgIpc) is 2.78. The molecule has 0 amide bonds. The lowest BCUT2D eigenvalue weighted by molar-refractivity contribution is 0.291. The summed E-state index contributed by atoms with van der Waals surface area (Å²) in [5.74, 6) is -0.497. The molecular formula is C22H24F2N6O3S.